The van der Waals surface area contributed by atoms with E-state index in [0.717, 1.165) is 47.2 Å². The maximum Gasteiger partial charge on any atom is 0.348 e. The van der Waals surface area contributed by atoms with E-state index in [9.17, 15) is 22.8 Å². The van der Waals surface area contributed by atoms with Crippen molar-refractivity contribution in [1.29, 1.82) is 0 Å². The van der Waals surface area contributed by atoms with Crippen molar-refractivity contribution in [2.45, 2.75) is 25.6 Å². The number of nitrogen functional groups attached to an aromatic ring is 1. The fourth-order valence-corrected chi connectivity index (χ4v) is 5.47. The molecular weight excluding hydrogens is 460 g/mol. The summed E-state index contributed by atoms with van der Waals surface area (Å²) in [5.41, 5.74) is 7.45. The fourth-order valence-electron chi connectivity index (χ4n) is 3.49. The third-order valence-corrected chi connectivity index (χ3v) is 7.33. The number of benzene rings is 1. The van der Waals surface area contributed by atoms with E-state index in [0.29, 0.717) is 0 Å². The summed E-state index contributed by atoms with van der Waals surface area (Å²) in [7, 11) is -1.42. The van der Waals surface area contributed by atoms with Crippen LogP contribution in [-0.2, 0) is 48.6 Å². The lowest BCUT2D eigenvalue weighted by Gasteiger charge is -2.33. The molecule has 0 aliphatic carbocycles. The number of hydrogen-bond acceptors (Lipinski definition) is 10. The second kappa shape index (κ2) is 9.27. The normalized spacial score (nSPS) is 16.2. The highest BCUT2D eigenvalue weighted by molar-refractivity contribution is 7.88. The van der Waals surface area contributed by atoms with Crippen molar-refractivity contribution in [3.63, 3.8) is 0 Å². The summed E-state index contributed by atoms with van der Waals surface area (Å²) in [5.74, 6) is -2.38. The lowest BCUT2D eigenvalue weighted by atomic mass is 9.96. The number of nitrogens with zero attached hydrogens (tertiary/aromatic N) is 1. The molecule has 0 bridgehead atoms. The van der Waals surface area contributed by atoms with Gasteiger partial charge in [-0.1, -0.05) is 24.3 Å². The van der Waals surface area contributed by atoms with Crippen molar-refractivity contribution < 1.29 is 37.0 Å². The Morgan fingerprint density at radius 2 is 1.75 bits per heavy atom. The number of sulfonamides is 1. The number of thiophene rings is 1. The number of esters is 3. The molecule has 0 amide bonds. The second-order valence-corrected chi connectivity index (χ2v) is 10.0. The summed E-state index contributed by atoms with van der Waals surface area (Å²) < 4.78 is 40.6. The highest BCUT2D eigenvalue weighted by Gasteiger charge is 2.38. The van der Waals surface area contributed by atoms with Gasteiger partial charge < -0.3 is 19.9 Å². The molecule has 1 aromatic carbocycles. The number of carbonyl (C=O) groups is 3. The standard InChI is InChI=1S/C20H22N2O8S2/c1-28-19(24)15-13(16(20(25)29-2)31-17(15)21)10-30-18(23)14-8-11-6-4-5-7-12(11)9-22(14)32(3,26)27/h4-7,14H,8-10,21H2,1-3H3. The fraction of sp³-hybridized carbons (Fsp3) is 0.350. The molecule has 1 aliphatic rings. The van der Waals surface area contributed by atoms with Crippen molar-refractivity contribution in [1.82, 2.24) is 4.31 Å². The minimum Gasteiger partial charge on any atom is -0.465 e. The van der Waals surface area contributed by atoms with E-state index in [1.165, 1.54) is 0 Å². The lowest BCUT2D eigenvalue weighted by Crippen LogP contribution is -2.48. The van der Waals surface area contributed by atoms with Crippen LogP contribution in [0.2, 0.25) is 0 Å². The van der Waals surface area contributed by atoms with Gasteiger partial charge in [0.2, 0.25) is 10.0 Å². The number of nitrogens with two attached hydrogens (primary N) is 1. The Balaban J connectivity index is 1.91. The zero-order valence-electron chi connectivity index (χ0n) is 17.6. The molecule has 1 unspecified atom stereocenters. The van der Waals surface area contributed by atoms with E-state index in [1.807, 2.05) is 6.07 Å². The van der Waals surface area contributed by atoms with Crippen LogP contribution in [0.15, 0.2) is 24.3 Å². The molecule has 10 nitrogen and oxygen atoms in total. The van der Waals surface area contributed by atoms with E-state index < -0.39 is 40.6 Å². The zero-order chi connectivity index (χ0) is 23.6. The summed E-state index contributed by atoms with van der Waals surface area (Å²) >= 11 is 0.805. The molecule has 2 heterocycles. The minimum atomic E-state index is -3.73. The largest absolute Gasteiger partial charge is 0.465 e. The van der Waals surface area contributed by atoms with Crippen LogP contribution in [0.5, 0.6) is 0 Å². The first kappa shape index (κ1) is 23.7. The number of hydrogen-bond donors (Lipinski definition) is 1. The minimum absolute atomic E-state index is 0.00709. The van der Waals surface area contributed by atoms with Crippen LogP contribution >= 0.6 is 11.3 Å². The molecular formula is C20H22N2O8S2. The van der Waals surface area contributed by atoms with Crippen molar-refractivity contribution >= 4 is 44.3 Å². The number of anilines is 1. The summed E-state index contributed by atoms with van der Waals surface area (Å²) in [5, 5.41) is 0.00709. The average molecular weight is 483 g/mol. The van der Waals surface area contributed by atoms with Crippen LogP contribution in [-0.4, -0.2) is 57.1 Å². The maximum absolute atomic E-state index is 13.0. The summed E-state index contributed by atoms with van der Waals surface area (Å²) in [6.07, 6.45) is 1.15. The van der Waals surface area contributed by atoms with Gasteiger partial charge in [-0.25, -0.2) is 18.0 Å². The van der Waals surface area contributed by atoms with Gasteiger partial charge in [0, 0.05) is 18.5 Å². The molecule has 3 rings (SSSR count). The summed E-state index contributed by atoms with van der Waals surface area (Å²) in [6, 6.07) is 6.12. The molecule has 172 valence electrons. The number of rotatable bonds is 6. The van der Waals surface area contributed by atoms with Gasteiger partial charge in [0.15, 0.2) is 0 Å². The molecule has 1 atom stereocenters. The predicted octanol–water partition coefficient (Wildman–Crippen LogP) is 1.33. The Morgan fingerprint density at radius 1 is 1.12 bits per heavy atom. The topological polar surface area (TPSA) is 142 Å². The Morgan fingerprint density at radius 3 is 2.34 bits per heavy atom. The first-order valence-corrected chi connectivity index (χ1v) is 12.0. The van der Waals surface area contributed by atoms with Crippen LogP contribution < -0.4 is 5.73 Å². The molecule has 0 saturated carbocycles. The van der Waals surface area contributed by atoms with Crippen molar-refractivity contribution in [3.05, 3.63) is 51.4 Å². The van der Waals surface area contributed by atoms with Gasteiger partial charge in [-0.3, -0.25) is 4.79 Å². The number of carbonyl (C=O) groups excluding carboxylic acids is 3. The van der Waals surface area contributed by atoms with Crippen LogP contribution in [0.1, 0.15) is 36.7 Å². The highest BCUT2D eigenvalue weighted by atomic mass is 32.2. The molecule has 12 heteroatoms. The van der Waals surface area contributed by atoms with Gasteiger partial charge in [-0.15, -0.1) is 11.3 Å². The van der Waals surface area contributed by atoms with Gasteiger partial charge in [-0.05, 0) is 11.1 Å². The summed E-state index contributed by atoms with van der Waals surface area (Å²) in [4.78, 5) is 37.3. The summed E-state index contributed by atoms with van der Waals surface area (Å²) in [6.45, 7) is -0.460. The number of fused-ring (bicyclic) bond motifs is 1. The third kappa shape index (κ3) is 4.61. The Hall–Kier alpha value is -2.96. The second-order valence-electron chi connectivity index (χ2n) is 7.04. The van der Waals surface area contributed by atoms with Gasteiger partial charge in [0.25, 0.3) is 0 Å². The predicted molar refractivity (Wildman–Crippen MR) is 116 cm³/mol. The van der Waals surface area contributed by atoms with Gasteiger partial charge >= 0.3 is 17.9 Å². The molecule has 2 N–H and O–H groups in total. The Bertz CT molecular complexity index is 1170. The van der Waals surface area contributed by atoms with E-state index in [1.54, 1.807) is 18.2 Å². The van der Waals surface area contributed by atoms with Crippen LogP contribution in [0.3, 0.4) is 0 Å². The molecule has 0 fully saturated rings. The number of methoxy groups -OCH3 is 2. The Kier molecular flexibility index (Phi) is 6.86. The van der Waals surface area contributed by atoms with E-state index in [-0.39, 0.29) is 34.0 Å². The SMILES string of the molecule is COC(=O)c1sc(N)c(C(=O)OC)c1COC(=O)C1Cc2ccccc2CN1S(C)(=O)=O. The average Bonchev–Trinajstić information content (AvgIpc) is 3.10. The number of ether oxygens (including phenoxy) is 3. The molecule has 0 radical (unpaired) electrons. The van der Waals surface area contributed by atoms with Crippen molar-refractivity contribution in [2.24, 2.45) is 0 Å². The van der Waals surface area contributed by atoms with Gasteiger partial charge in [0.05, 0.1) is 20.5 Å². The maximum atomic E-state index is 13.0. The molecule has 0 spiro atoms. The highest BCUT2D eigenvalue weighted by Crippen LogP contribution is 2.33. The zero-order valence-corrected chi connectivity index (χ0v) is 19.2. The van der Waals surface area contributed by atoms with E-state index in [4.69, 9.17) is 19.9 Å². The van der Waals surface area contributed by atoms with Crippen molar-refractivity contribution in [3.8, 4) is 0 Å². The first-order valence-electron chi connectivity index (χ1n) is 9.36. The quantitative estimate of drug-likeness (QED) is 0.476. The molecule has 0 saturated heterocycles. The van der Waals surface area contributed by atoms with Crippen LogP contribution in [0, 0.1) is 0 Å². The monoisotopic (exact) mass is 482 g/mol. The van der Waals surface area contributed by atoms with Gasteiger partial charge in [0.1, 0.15) is 28.1 Å². The molecule has 2 aromatic rings. The van der Waals surface area contributed by atoms with Gasteiger partial charge in [-0.2, -0.15) is 4.31 Å². The lowest BCUT2D eigenvalue weighted by molar-refractivity contribution is -0.150. The molecule has 1 aromatic heterocycles. The first-order chi connectivity index (χ1) is 15.1. The molecule has 1 aliphatic heterocycles. The van der Waals surface area contributed by atoms with Crippen molar-refractivity contribution in [2.75, 3.05) is 26.2 Å². The van der Waals surface area contributed by atoms with E-state index >= 15 is 0 Å². The van der Waals surface area contributed by atoms with E-state index in [2.05, 4.69) is 0 Å². The Labute approximate surface area is 188 Å². The smallest absolute Gasteiger partial charge is 0.348 e. The van der Waals surface area contributed by atoms with Crippen LogP contribution in [0.4, 0.5) is 5.00 Å². The third-order valence-electron chi connectivity index (χ3n) is 5.06. The van der Waals surface area contributed by atoms with Crippen LogP contribution in [0.25, 0.3) is 0 Å². The molecule has 32 heavy (non-hydrogen) atoms.